The van der Waals surface area contributed by atoms with E-state index >= 15 is 0 Å². The van der Waals surface area contributed by atoms with Crippen LogP contribution in [0.15, 0.2) is 0 Å². The summed E-state index contributed by atoms with van der Waals surface area (Å²) < 4.78 is 0. The molecule has 9 nitrogen and oxygen atoms in total. The second-order valence-corrected chi connectivity index (χ2v) is 7.08. The molecule has 10 heteroatoms. The number of amides is 2. The van der Waals surface area contributed by atoms with Crippen molar-refractivity contribution in [3.05, 3.63) is 0 Å². The van der Waals surface area contributed by atoms with Gasteiger partial charge in [-0.1, -0.05) is 20.3 Å². The lowest BCUT2D eigenvalue weighted by Gasteiger charge is -2.26. The molecule has 0 rings (SSSR count). The maximum absolute atomic E-state index is 12.5. The topological polar surface area (TPSA) is 159 Å². The molecule has 0 aliphatic carbocycles. The van der Waals surface area contributed by atoms with Crippen LogP contribution < -0.4 is 16.4 Å². The van der Waals surface area contributed by atoms with Crippen LogP contribution in [0.25, 0.3) is 0 Å². The average Bonchev–Trinajstić information content (AvgIpc) is 2.59. The molecular weight excluding hydrogens is 362 g/mol. The normalized spacial score (nSPS) is 15.4. The number of hydrogen-bond acceptors (Lipinski definition) is 6. The van der Waals surface area contributed by atoms with Crippen LogP contribution in [0, 0.1) is 5.92 Å². The Hall–Kier alpha value is -1.81. The number of nitrogens with two attached hydrogens (primary N) is 1. The summed E-state index contributed by atoms with van der Waals surface area (Å²) in [4.78, 5) is 46.5. The molecule has 2 amide bonds. The summed E-state index contributed by atoms with van der Waals surface area (Å²) in [6.07, 6.45) is 2.36. The molecule has 0 radical (unpaired) electrons. The summed E-state index contributed by atoms with van der Waals surface area (Å²) in [5.41, 5.74) is 5.67. The van der Waals surface area contributed by atoms with Crippen molar-refractivity contribution in [2.24, 2.45) is 11.7 Å². The molecule has 0 aliphatic rings. The lowest BCUT2D eigenvalue weighted by atomic mass is 9.97. The van der Waals surface area contributed by atoms with Gasteiger partial charge in [0.25, 0.3) is 0 Å². The van der Waals surface area contributed by atoms with Crippen molar-refractivity contribution in [2.45, 2.75) is 57.7 Å². The number of hydrogen-bond donors (Lipinski definition) is 5. The number of nitrogens with one attached hydrogen (secondary N) is 2. The van der Waals surface area contributed by atoms with Crippen molar-refractivity contribution in [3.8, 4) is 0 Å². The summed E-state index contributed by atoms with van der Waals surface area (Å²) in [5.74, 6) is -3.12. The molecule has 0 bridgehead atoms. The highest BCUT2D eigenvalue weighted by atomic mass is 32.2. The average molecular weight is 391 g/mol. The van der Waals surface area contributed by atoms with E-state index in [2.05, 4.69) is 10.6 Å². The van der Waals surface area contributed by atoms with E-state index in [1.54, 1.807) is 6.92 Å². The molecule has 0 spiro atoms. The van der Waals surface area contributed by atoms with E-state index in [1.807, 2.05) is 13.2 Å². The number of carbonyl (C=O) groups excluding carboxylic acids is 2. The fourth-order valence-electron chi connectivity index (χ4n) is 2.13. The highest BCUT2D eigenvalue weighted by molar-refractivity contribution is 7.98. The molecule has 6 N–H and O–H groups in total. The van der Waals surface area contributed by atoms with Crippen molar-refractivity contribution < 1.29 is 29.4 Å². The molecule has 4 atom stereocenters. The second kappa shape index (κ2) is 12.5. The van der Waals surface area contributed by atoms with Gasteiger partial charge in [0.2, 0.25) is 11.8 Å². The summed E-state index contributed by atoms with van der Waals surface area (Å²) in [6.45, 7) is 3.59. The number of carbonyl (C=O) groups is 4. The van der Waals surface area contributed by atoms with Gasteiger partial charge >= 0.3 is 11.9 Å². The van der Waals surface area contributed by atoms with Gasteiger partial charge in [-0.3, -0.25) is 14.4 Å². The zero-order valence-electron chi connectivity index (χ0n) is 15.4. The van der Waals surface area contributed by atoms with Crippen LogP contribution in [0.2, 0.25) is 0 Å². The molecule has 0 aromatic rings. The smallest absolute Gasteiger partial charge is 0.326 e. The molecule has 0 aromatic heterocycles. The molecule has 0 aromatic carbocycles. The Bertz CT molecular complexity index is 502. The van der Waals surface area contributed by atoms with Crippen molar-refractivity contribution >= 4 is 35.5 Å². The van der Waals surface area contributed by atoms with E-state index in [0.717, 1.165) is 0 Å². The second-order valence-electron chi connectivity index (χ2n) is 6.09. The summed E-state index contributed by atoms with van der Waals surface area (Å²) in [6, 6.07) is -3.05. The molecular formula is C16H29N3O6S. The van der Waals surface area contributed by atoms with Crippen LogP contribution in [0.1, 0.15) is 39.5 Å². The standard InChI is InChI=1S/C16H29N3O6S/c1-4-9(2)13(19-14(22)10(17)5-6-12(20)21)15(23)18-11(16(24)25)7-8-26-3/h9-11,13H,4-8,17H2,1-3H3,(H,18,23)(H,19,22)(H,20,21)(H,24,25). The number of thioether (sulfide) groups is 1. The van der Waals surface area contributed by atoms with Gasteiger partial charge in [0.1, 0.15) is 12.1 Å². The van der Waals surface area contributed by atoms with Crippen LogP contribution >= 0.6 is 11.8 Å². The van der Waals surface area contributed by atoms with Gasteiger partial charge in [0.15, 0.2) is 0 Å². The van der Waals surface area contributed by atoms with Crippen molar-refractivity contribution in [2.75, 3.05) is 12.0 Å². The predicted octanol–water partition coefficient (Wildman–Crippen LogP) is 0.0319. The molecule has 0 aliphatic heterocycles. The maximum Gasteiger partial charge on any atom is 0.326 e. The van der Waals surface area contributed by atoms with Crippen LogP contribution in [-0.4, -0.2) is 64.1 Å². The Morgan fingerprint density at radius 3 is 2.15 bits per heavy atom. The van der Waals surface area contributed by atoms with Gasteiger partial charge in [-0.05, 0) is 30.8 Å². The minimum Gasteiger partial charge on any atom is -0.481 e. The molecule has 26 heavy (non-hydrogen) atoms. The van der Waals surface area contributed by atoms with Crippen LogP contribution in [-0.2, 0) is 19.2 Å². The van der Waals surface area contributed by atoms with E-state index in [4.69, 9.17) is 10.8 Å². The Morgan fingerprint density at radius 1 is 1.08 bits per heavy atom. The van der Waals surface area contributed by atoms with Crippen molar-refractivity contribution in [1.29, 1.82) is 0 Å². The Balaban J connectivity index is 5.00. The minimum atomic E-state index is -1.14. The Morgan fingerprint density at radius 2 is 1.69 bits per heavy atom. The SMILES string of the molecule is CCC(C)C(NC(=O)C(N)CCC(=O)O)C(=O)NC(CCSC)C(=O)O. The summed E-state index contributed by atoms with van der Waals surface area (Å²) in [7, 11) is 0. The van der Waals surface area contributed by atoms with Gasteiger partial charge in [-0.25, -0.2) is 4.79 Å². The summed E-state index contributed by atoms with van der Waals surface area (Å²) >= 11 is 1.47. The third kappa shape index (κ3) is 9.04. The maximum atomic E-state index is 12.5. The van der Waals surface area contributed by atoms with Gasteiger partial charge in [0, 0.05) is 6.42 Å². The monoisotopic (exact) mass is 391 g/mol. The fraction of sp³-hybridized carbons (Fsp3) is 0.750. The lowest BCUT2D eigenvalue weighted by Crippen LogP contribution is -2.56. The molecule has 0 saturated carbocycles. The van der Waals surface area contributed by atoms with Crippen LogP contribution in [0.5, 0.6) is 0 Å². The number of carboxylic acid groups (broad SMARTS) is 2. The first kappa shape index (κ1) is 24.2. The molecule has 0 heterocycles. The molecule has 0 saturated heterocycles. The molecule has 4 unspecified atom stereocenters. The van der Waals surface area contributed by atoms with Crippen LogP contribution in [0.3, 0.4) is 0 Å². The molecule has 150 valence electrons. The van der Waals surface area contributed by atoms with E-state index in [0.29, 0.717) is 12.2 Å². The number of aliphatic carboxylic acids is 2. The first-order chi connectivity index (χ1) is 12.1. The third-order valence-electron chi connectivity index (χ3n) is 4.02. The van der Waals surface area contributed by atoms with Gasteiger partial charge in [-0.15, -0.1) is 0 Å². The largest absolute Gasteiger partial charge is 0.481 e. The van der Waals surface area contributed by atoms with Gasteiger partial charge in [0.05, 0.1) is 6.04 Å². The zero-order chi connectivity index (χ0) is 20.3. The Labute approximate surface area is 157 Å². The summed E-state index contributed by atoms with van der Waals surface area (Å²) in [5, 5.41) is 22.9. The zero-order valence-corrected chi connectivity index (χ0v) is 16.2. The van der Waals surface area contributed by atoms with E-state index in [9.17, 15) is 24.3 Å². The highest BCUT2D eigenvalue weighted by Crippen LogP contribution is 2.10. The van der Waals surface area contributed by atoms with E-state index in [1.165, 1.54) is 11.8 Å². The number of carboxylic acids is 2. The predicted molar refractivity (Wildman–Crippen MR) is 98.8 cm³/mol. The third-order valence-corrected chi connectivity index (χ3v) is 4.67. The minimum absolute atomic E-state index is 0.0541. The van der Waals surface area contributed by atoms with E-state index in [-0.39, 0.29) is 25.2 Å². The lowest BCUT2D eigenvalue weighted by molar-refractivity contribution is -0.142. The quantitative estimate of drug-likeness (QED) is 0.294. The Kier molecular flexibility index (Phi) is 11.7. The highest BCUT2D eigenvalue weighted by Gasteiger charge is 2.30. The van der Waals surface area contributed by atoms with Crippen LogP contribution in [0.4, 0.5) is 0 Å². The van der Waals surface area contributed by atoms with Crippen molar-refractivity contribution in [1.82, 2.24) is 10.6 Å². The van der Waals surface area contributed by atoms with Gasteiger partial charge < -0.3 is 26.6 Å². The number of rotatable bonds is 13. The van der Waals surface area contributed by atoms with Crippen molar-refractivity contribution in [3.63, 3.8) is 0 Å². The van der Waals surface area contributed by atoms with Gasteiger partial charge in [-0.2, -0.15) is 11.8 Å². The first-order valence-corrected chi connectivity index (χ1v) is 9.83. The first-order valence-electron chi connectivity index (χ1n) is 8.43. The fourth-order valence-corrected chi connectivity index (χ4v) is 2.60. The van der Waals surface area contributed by atoms with E-state index < -0.39 is 41.9 Å². The molecule has 0 fully saturated rings.